The summed E-state index contributed by atoms with van der Waals surface area (Å²) >= 11 is 0. The molecule has 1 aliphatic rings. The number of aromatic amines is 1. The zero-order valence-electron chi connectivity index (χ0n) is 12.9. The molecule has 20 heavy (non-hydrogen) atoms. The molecule has 2 N–H and O–H groups in total. The summed E-state index contributed by atoms with van der Waals surface area (Å²) < 4.78 is 0. The molecular formula is C14H25N5O. The quantitative estimate of drug-likeness (QED) is 0.871. The van der Waals surface area contributed by atoms with Crippen LogP contribution in [0.2, 0.25) is 0 Å². The van der Waals surface area contributed by atoms with Gasteiger partial charge in [0.05, 0.1) is 0 Å². The van der Waals surface area contributed by atoms with Crippen LogP contribution in [-0.2, 0) is 5.41 Å². The molecule has 0 bridgehead atoms. The second-order valence-corrected chi connectivity index (χ2v) is 6.55. The first kappa shape index (κ1) is 15.0. The fourth-order valence-corrected chi connectivity index (χ4v) is 2.46. The lowest BCUT2D eigenvalue weighted by Crippen LogP contribution is -2.40. The van der Waals surface area contributed by atoms with Gasteiger partial charge >= 0.3 is 0 Å². The summed E-state index contributed by atoms with van der Waals surface area (Å²) in [7, 11) is 1.97. The van der Waals surface area contributed by atoms with Crippen molar-refractivity contribution in [2.24, 2.45) is 5.92 Å². The van der Waals surface area contributed by atoms with E-state index in [0.29, 0.717) is 11.7 Å². The zero-order chi connectivity index (χ0) is 14.8. The van der Waals surface area contributed by atoms with E-state index in [4.69, 9.17) is 0 Å². The molecule has 0 aromatic carbocycles. The van der Waals surface area contributed by atoms with Crippen LogP contribution in [0.1, 0.15) is 50.1 Å². The Hall–Kier alpha value is -1.43. The van der Waals surface area contributed by atoms with Gasteiger partial charge in [0.15, 0.2) is 0 Å². The Labute approximate surface area is 120 Å². The molecule has 1 aliphatic heterocycles. The van der Waals surface area contributed by atoms with Crippen LogP contribution in [0.4, 0.5) is 0 Å². The summed E-state index contributed by atoms with van der Waals surface area (Å²) in [5.41, 5.74) is -0.120. The van der Waals surface area contributed by atoms with Crippen molar-refractivity contribution in [3.63, 3.8) is 0 Å². The molecule has 0 atom stereocenters. The van der Waals surface area contributed by atoms with Crippen molar-refractivity contribution in [2.45, 2.75) is 39.0 Å². The van der Waals surface area contributed by atoms with Gasteiger partial charge in [-0.05, 0) is 32.4 Å². The minimum atomic E-state index is -0.120. The topological polar surface area (TPSA) is 73.9 Å². The van der Waals surface area contributed by atoms with E-state index in [2.05, 4.69) is 20.5 Å². The van der Waals surface area contributed by atoms with E-state index in [1.165, 1.54) is 0 Å². The third-order valence-corrected chi connectivity index (χ3v) is 3.78. The van der Waals surface area contributed by atoms with Gasteiger partial charge in [-0.25, -0.2) is 4.98 Å². The fraction of sp³-hybridized carbons (Fsp3) is 0.786. The SMILES string of the molecule is CNCC1CCN(C(=O)c2n[nH]c(C(C)(C)C)n2)CC1. The van der Waals surface area contributed by atoms with Gasteiger partial charge in [-0.15, -0.1) is 5.10 Å². The molecule has 1 fully saturated rings. The average molecular weight is 279 g/mol. The molecule has 0 aliphatic carbocycles. The van der Waals surface area contributed by atoms with Gasteiger partial charge in [-0.3, -0.25) is 9.89 Å². The second kappa shape index (κ2) is 5.91. The summed E-state index contributed by atoms with van der Waals surface area (Å²) in [5.74, 6) is 1.66. The van der Waals surface area contributed by atoms with E-state index in [-0.39, 0.29) is 11.3 Å². The summed E-state index contributed by atoms with van der Waals surface area (Å²) in [4.78, 5) is 18.6. The number of rotatable bonds is 3. The molecule has 2 heterocycles. The van der Waals surface area contributed by atoms with Crippen LogP contribution in [0.15, 0.2) is 0 Å². The van der Waals surface area contributed by atoms with Crippen LogP contribution in [0.3, 0.4) is 0 Å². The number of hydrogen-bond acceptors (Lipinski definition) is 4. The number of carbonyl (C=O) groups is 1. The minimum Gasteiger partial charge on any atom is -0.336 e. The predicted octanol–water partition coefficient (Wildman–Crippen LogP) is 1.17. The number of nitrogens with zero attached hydrogens (tertiary/aromatic N) is 3. The maximum absolute atomic E-state index is 12.4. The Morgan fingerprint density at radius 2 is 2.05 bits per heavy atom. The number of hydrogen-bond donors (Lipinski definition) is 2. The molecule has 0 saturated carbocycles. The van der Waals surface area contributed by atoms with E-state index < -0.39 is 0 Å². The highest BCUT2D eigenvalue weighted by Crippen LogP contribution is 2.20. The van der Waals surface area contributed by atoms with Gasteiger partial charge in [0.1, 0.15) is 5.82 Å². The molecule has 6 nitrogen and oxygen atoms in total. The molecule has 1 saturated heterocycles. The van der Waals surface area contributed by atoms with Crippen LogP contribution >= 0.6 is 0 Å². The van der Waals surface area contributed by atoms with Gasteiger partial charge in [0.25, 0.3) is 5.91 Å². The van der Waals surface area contributed by atoms with Crippen LogP contribution in [-0.4, -0.2) is 52.7 Å². The highest BCUT2D eigenvalue weighted by atomic mass is 16.2. The third-order valence-electron chi connectivity index (χ3n) is 3.78. The van der Waals surface area contributed by atoms with E-state index in [9.17, 15) is 4.79 Å². The lowest BCUT2D eigenvalue weighted by atomic mass is 9.96. The number of likely N-dealkylation sites (tertiary alicyclic amines) is 1. The molecule has 1 aromatic rings. The highest BCUT2D eigenvalue weighted by molar-refractivity contribution is 5.90. The van der Waals surface area contributed by atoms with Gasteiger partial charge < -0.3 is 10.2 Å². The van der Waals surface area contributed by atoms with E-state index in [1.54, 1.807) is 0 Å². The highest BCUT2D eigenvalue weighted by Gasteiger charge is 2.27. The maximum Gasteiger partial charge on any atom is 0.293 e. The molecule has 6 heteroatoms. The number of piperidine rings is 1. The van der Waals surface area contributed by atoms with Crippen molar-refractivity contribution in [3.05, 3.63) is 11.6 Å². The standard InChI is InChI=1S/C14H25N5O/c1-14(2,3)13-16-11(17-18-13)12(20)19-7-5-10(6-8-19)9-15-4/h10,15H,5-9H2,1-4H3,(H,16,17,18). The molecule has 1 amide bonds. The van der Waals surface area contributed by atoms with E-state index in [1.807, 2.05) is 32.7 Å². The first-order chi connectivity index (χ1) is 9.41. The summed E-state index contributed by atoms with van der Waals surface area (Å²) in [6.07, 6.45) is 2.09. The Morgan fingerprint density at radius 3 is 2.55 bits per heavy atom. The van der Waals surface area contributed by atoms with Crippen molar-refractivity contribution >= 4 is 5.91 Å². The van der Waals surface area contributed by atoms with Crippen LogP contribution in [0.25, 0.3) is 0 Å². The third kappa shape index (κ3) is 3.36. The fourth-order valence-electron chi connectivity index (χ4n) is 2.46. The maximum atomic E-state index is 12.4. The first-order valence-electron chi connectivity index (χ1n) is 7.28. The average Bonchev–Trinajstić information content (AvgIpc) is 2.89. The Morgan fingerprint density at radius 1 is 1.40 bits per heavy atom. The van der Waals surface area contributed by atoms with Crippen molar-refractivity contribution in [2.75, 3.05) is 26.7 Å². The summed E-state index contributed by atoms with van der Waals surface area (Å²) in [6, 6.07) is 0. The number of amides is 1. The monoisotopic (exact) mass is 279 g/mol. The Balaban J connectivity index is 1.97. The lowest BCUT2D eigenvalue weighted by molar-refractivity contribution is 0.0679. The minimum absolute atomic E-state index is 0.0559. The summed E-state index contributed by atoms with van der Waals surface area (Å²) in [6.45, 7) is 8.76. The predicted molar refractivity (Wildman–Crippen MR) is 77.6 cm³/mol. The van der Waals surface area contributed by atoms with Crippen molar-refractivity contribution in [3.8, 4) is 0 Å². The molecule has 0 radical (unpaired) electrons. The van der Waals surface area contributed by atoms with Crippen molar-refractivity contribution in [1.82, 2.24) is 25.4 Å². The smallest absolute Gasteiger partial charge is 0.293 e. The van der Waals surface area contributed by atoms with Gasteiger partial charge in [-0.1, -0.05) is 20.8 Å². The van der Waals surface area contributed by atoms with Crippen LogP contribution in [0, 0.1) is 5.92 Å². The Kier molecular flexibility index (Phi) is 4.42. The molecule has 0 spiro atoms. The van der Waals surface area contributed by atoms with Crippen LogP contribution < -0.4 is 5.32 Å². The number of nitrogens with one attached hydrogen (secondary N) is 2. The van der Waals surface area contributed by atoms with Gasteiger partial charge in [-0.2, -0.15) is 0 Å². The molecule has 0 unspecified atom stereocenters. The number of carbonyl (C=O) groups excluding carboxylic acids is 1. The second-order valence-electron chi connectivity index (χ2n) is 6.55. The zero-order valence-corrected chi connectivity index (χ0v) is 12.9. The first-order valence-corrected chi connectivity index (χ1v) is 7.28. The van der Waals surface area contributed by atoms with E-state index >= 15 is 0 Å². The number of aromatic nitrogens is 3. The van der Waals surface area contributed by atoms with Crippen LogP contribution in [0.5, 0.6) is 0 Å². The molecule has 1 aromatic heterocycles. The largest absolute Gasteiger partial charge is 0.336 e. The van der Waals surface area contributed by atoms with Gasteiger partial charge in [0.2, 0.25) is 5.82 Å². The van der Waals surface area contributed by atoms with Crippen molar-refractivity contribution < 1.29 is 4.79 Å². The van der Waals surface area contributed by atoms with Gasteiger partial charge in [0, 0.05) is 18.5 Å². The van der Waals surface area contributed by atoms with Crippen molar-refractivity contribution in [1.29, 1.82) is 0 Å². The normalized spacial score (nSPS) is 17.5. The lowest BCUT2D eigenvalue weighted by Gasteiger charge is -2.31. The summed E-state index contributed by atoms with van der Waals surface area (Å²) in [5, 5.41) is 10.1. The molecule has 2 rings (SSSR count). The number of H-pyrrole nitrogens is 1. The van der Waals surface area contributed by atoms with E-state index in [0.717, 1.165) is 38.3 Å². The molecular weight excluding hydrogens is 254 g/mol. The molecule has 112 valence electrons. The Bertz CT molecular complexity index is 454.